The molecular formula is C12H13FN4O. The fourth-order valence-electron chi connectivity index (χ4n) is 1.81. The van der Waals surface area contributed by atoms with Crippen molar-refractivity contribution in [2.75, 3.05) is 13.2 Å². The summed E-state index contributed by atoms with van der Waals surface area (Å²) < 4.78 is 20.5. The zero-order valence-electron chi connectivity index (χ0n) is 10.0. The molecule has 1 saturated heterocycles. The van der Waals surface area contributed by atoms with Gasteiger partial charge in [-0.2, -0.15) is 0 Å². The van der Waals surface area contributed by atoms with Crippen LogP contribution in [0, 0.1) is 5.82 Å². The van der Waals surface area contributed by atoms with Crippen LogP contribution in [0.2, 0.25) is 0 Å². The zero-order valence-corrected chi connectivity index (χ0v) is 10.0. The van der Waals surface area contributed by atoms with E-state index in [1.807, 2.05) is 6.92 Å². The van der Waals surface area contributed by atoms with Crippen LogP contribution in [0.5, 0.6) is 0 Å². The topological polar surface area (TPSA) is 52.8 Å². The van der Waals surface area contributed by atoms with Crippen molar-refractivity contribution in [2.45, 2.75) is 19.4 Å². The second kappa shape index (κ2) is 4.45. The van der Waals surface area contributed by atoms with E-state index in [1.54, 1.807) is 17.1 Å². The van der Waals surface area contributed by atoms with Crippen molar-refractivity contribution in [3.63, 3.8) is 0 Å². The molecule has 1 fully saturated rings. The maximum absolute atomic E-state index is 13.7. The van der Waals surface area contributed by atoms with Crippen LogP contribution in [0.25, 0.3) is 11.4 Å². The summed E-state index contributed by atoms with van der Waals surface area (Å²) in [6.45, 7) is 3.20. The Morgan fingerprint density at radius 3 is 2.89 bits per heavy atom. The van der Waals surface area contributed by atoms with E-state index in [2.05, 4.69) is 15.3 Å². The average Bonchev–Trinajstić information content (AvgIpc) is 2.76. The highest BCUT2D eigenvalue weighted by molar-refractivity contribution is 5.52. The first-order valence-corrected chi connectivity index (χ1v) is 5.92. The number of halogens is 1. The van der Waals surface area contributed by atoms with Crippen molar-refractivity contribution in [3.05, 3.63) is 29.8 Å². The summed E-state index contributed by atoms with van der Waals surface area (Å²) >= 11 is 0. The van der Waals surface area contributed by atoms with Gasteiger partial charge in [0, 0.05) is 17.8 Å². The quantitative estimate of drug-likeness (QED) is 0.828. The highest BCUT2D eigenvalue weighted by Crippen LogP contribution is 2.20. The lowest BCUT2D eigenvalue weighted by Gasteiger charge is -2.25. The molecule has 0 saturated carbocycles. The molecule has 3 rings (SSSR count). The number of hydrogen-bond acceptors (Lipinski definition) is 4. The molecule has 0 unspecified atom stereocenters. The lowest BCUT2D eigenvalue weighted by molar-refractivity contribution is -0.0293. The summed E-state index contributed by atoms with van der Waals surface area (Å²) in [5, 5.41) is 8.03. The van der Waals surface area contributed by atoms with Crippen LogP contribution in [0.1, 0.15) is 18.5 Å². The number of rotatable bonds is 3. The van der Waals surface area contributed by atoms with E-state index in [9.17, 15) is 4.39 Å². The Morgan fingerprint density at radius 1 is 1.44 bits per heavy atom. The first-order valence-electron chi connectivity index (χ1n) is 5.92. The van der Waals surface area contributed by atoms with E-state index in [0.29, 0.717) is 36.6 Å². The minimum Gasteiger partial charge on any atom is -0.377 e. The third-order valence-electron chi connectivity index (χ3n) is 3.08. The molecule has 0 aromatic carbocycles. The van der Waals surface area contributed by atoms with Crippen molar-refractivity contribution in [3.8, 4) is 11.4 Å². The molecule has 1 aliphatic heterocycles. The summed E-state index contributed by atoms with van der Waals surface area (Å²) in [5.74, 6) is -0.246. The van der Waals surface area contributed by atoms with E-state index in [4.69, 9.17) is 4.74 Å². The number of ether oxygens (including phenoxy) is 1. The Bertz CT molecular complexity index is 565. The van der Waals surface area contributed by atoms with E-state index in [-0.39, 0.29) is 11.9 Å². The van der Waals surface area contributed by atoms with Gasteiger partial charge in [-0.3, -0.25) is 4.98 Å². The lowest BCUT2D eigenvalue weighted by atomic mass is 10.2. The Morgan fingerprint density at radius 2 is 2.28 bits per heavy atom. The summed E-state index contributed by atoms with van der Waals surface area (Å²) in [5.41, 5.74) is 1.71. The normalized spacial score (nSPS) is 15.7. The van der Waals surface area contributed by atoms with E-state index in [0.717, 1.165) is 0 Å². The molecule has 5 nitrogen and oxygen atoms in total. The molecule has 0 spiro atoms. The van der Waals surface area contributed by atoms with Gasteiger partial charge >= 0.3 is 0 Å². The summed E-state index contributed by atoms with van der Waals surface area (Å²) in [6, 6.07) is 1.65. The van der Waals surface area contributed by atoms with Crippen LogP contribution in [-0.2, 0) is 11.2 Å². The minimum atomic E-state index is -0.246. The van der Waals surface area contributed by atoms with Gasteiger partial charge in [0.2, 0.25) is 0 Å². The monoisotopic (exact) mass is 248 g/mol. The number of aryl methyl sites for hydroxylation is 1. The molecule has 6 heteroatoms. The Labute approximate surface area is 104 Å². The molecule has 2 aromatic heterocycles. The molecule has 94 valence electrons. The zero-order chi connectivity index (χ0) is 12.5. The highest BCUT2D eigenvalue weighted by atomic mass is 19.1. The van der Waals surface area contributed by atoms with Crippen molar-refractivity contribution in [1.82, 2.24) is 20.0 Å². The smallest absolute Gasteiger partial charge is 0.131 e. The first kappa shape index (κ1) is 11.3. The molecule has 0 bridgehead atoms. The minimum absolute atomic E-state index is 0.242. The predicted octanol–water partition coefficient (Wildman–Crippen LogP) is 1.61. The number of aromatic nitrogens is 4. The average molecular weight is 248 g/mol. The number of pyridine rings is 1. The largest absolute Gasteiger partial charge is 0.377 e. The van der Waals surface area contributed by atoms with Gasteiger partial charge in [0.1, 0.15) is 17.6 Å². The third-order valence-corrected chi connectivity index (χ3v) is 3.08. The van der Waals surface area contributed by atoms with Crippen molar-refractivity contribution in [1.29, 1.82) is 0 Å². The highest BCUT2D eigenvalue weighted by Gasteiger charge is 2.22. The van der Waals surface area contributed by atoms with Crippen molar-refractivity contribution < 1.29 is 9.13 Å². The van der Waals surface area contributed by atoms with E-state index < -0.39 is 0 Å². The Balaban J connectivity index is 1.89. The third kappa shape index (κ3) is 1.88. The molecular weight excluding hydrogens is 235 g/mol. The molecule has 1 aliphatic rings. The second-order valence-electron chi connectivity index (χ2n) is 4.29. The molecule has 0 atom stereocenters. The summed E-state index contributed by atoms with van der Waals surface area (Å²) in [4.78, 5) is 4.21. The van der Waals surface area contributed by atoms with Gasteiger partial charge in [-0.05, 0) is 6.42 Å². The Kier molecular flexibility index (Phi) is 2.79. The van der Waals surface area contributed by atoms with Gasteiger partial charge in [-0.15, -0.1) is 5.10 Å². The van der Waals surface area contributed by atoms with Crippen molar-refractivity contribution in [2.24, 2.45) is 0 Å². The van der Waals surface area contributed by atoms with Gasteiger partial charge in [0.25, 0.3) is 0 Å². The van der Waals surface area contributed by atoms with Crippen LogP contribution >= 0.6 is 0 Å². The lowest BCUT2D eigenvalue weighted by Crippen LogP contribution is -2.30. The van der Waals surface area contributed by atoms with Crippen LogP contribution < -0.4 is 0 Å². The SMILES string of the molecule is CCc1cnc(-c2cn(C3COC3)nn2)cc1F. The second-order valence-corrected chi connectivity index (χ2v) is 4.29. The van der Waals surface area contributed by atoms with Crippen LogP contribution in [0.3, 0.4) is 0 Å². The number of nitrogens with zero attached hydrogens (tertiary/aromatic N) is 4. The fourth-order valence-corrected chi connectivity index (χ4v) is 1.81. The maximum Gasteiger partial charge on any atom is 0.131 e. The Hall–Kier alpha value is -1.82. The maximum atomic E-state index is 13.7. The van der Waals surface area contributed by atoms with Gasteiger partial charge in [-0.1, -0.05) is 12.1 Å². The molecule has 3 heterocycles. The fraction of sp³-hybridized carbons (Fsp3) is 0.417. The standard InChI is InChI=1S/C12H13FN4O/c1-2-8-4-14-11(3-10(8)13)12-5-17(16-15-12)9-6-18-7-9/h3-5,9H,2,6-7H2,1H3. The van der Waals surface area contributed by atoms with Crippen LogP contribution in [0.15, 0.2) is 18.5 Å². The van der Waals surface area contributed by atoms with Gasteiger partial charge in [0.15, 0.2) is 0 Å². The summed E-state index contributed by atoms with van der Waals surface area (Å²) in [7, 11) is 0. The molecule has 2 aromatic rings. The molecule has 0 N–H and O–H groups in total. The van der Waals surface area contributed by atoms with Gasteiger partial charge < -0.3 is 4.74 Å². The van der Waals surface area contributed by atoms with Gasteiger partial charge in [-0.25, -0.2) is 9.07 Å². The van der Waals surface area contributed by atoms with E-state index >= 15 is 0 Å². The molecule has 0 radical (unpaired) electrons. The number of hydrogen-bond donors (Lipinski definition) is 0. The summed E-state index contributed by atoms with van der Waals surface area (Å²) in [6.07, 6.45) is 3.96. The first-order chi connectivity index (χ1) is 8.78. The molecule has 18 heavy (non-hydrogen) atoms. The predicted molar refractivity (Wildman–Crippen MR) is 62.4 cm³/mol. The van der Waals surface area contributed by atoms with Crippen molar-refractivity contribution >= 4 is 0 Å². The van der Waals surface area contributed by atoms with Gasteiger partial charge in [0.05, 0.1) is 25.1 Å². The van der Waals surface area contributed by atoms with E-state index in [1.165, 1.54) is 6.07 Å². The van der Waals surface area contributed by atoms with Crippen LogP contribution in [0.4, 0.5) is 4.39 Å². The molecule has 0 aliphatic carbocycles. The van der Waals surface area contributed by atoms with Crippen LogP contribution in [-0.4, -0.2) is 33.2 Å². The molecule has 0 amide bonds.